The van der Waals surface area contributed by atoms with E-state index in [9.17, 15) is 8.42 Å². The topological polar surface area (TPSA) is 46.2 Å². The predicted molar refractivity (Wildman–Crippen MR) is 59.8 cm³/mol. The molecule has 0 spiro atoms. The fraction of sp³-hybridized carbons (Fsp3) is 0.455. The van der Waals surface area contributed by atoms with Crippen LogP contribution in [0.5, 0.6) is 0 Å². The zero-order chi connectivity index (χ0) is 10.9. The van der Waals surface area contributed by atoms with Crippen LogP contribution in [0.4, 0.5) is 0 Å². The van der Waals surface area contributed by atoms with Gasteiger partial charge in [-0.3, -0.25) is 0 Å². The molecular formula is C11H15NO2S. The van der Waals surface area contributed by atoms with Crippen molar-refractivity contribution in [2.45, 2.75) is 17.2 Å². The third-order valence-corrected chi connectivity index (χ3v) is 3.97. The van der Waals surface area contributed by atoms with Crippen molar-refractivity contribution in [3.63, 3.8) is 0 Å². The molecule has 1 N–H and O–H groups in total. The van der Waals surface area contributed by atoms with E-state index in [4.69, 9.17) is 0 Å². The molecule has 1 saturated heterocycles. The summed E-state index contributed by atoms with van der Waals surface area (Å²) in [6.07, 6.45) is 2.37. The summed E-state index contributed by atoms with van der Waals surface area (Å²) < 4.78 is 22.5. The highest BCUT2D eigenvalue weighted by atomic mass is 32.2. The highest BCUT2D eigenvalue weighted by molar-refractivity contribution is 7.90. The molecule has 1 aromatic rings. The van der Waals surface area contributed by atoms with Crippen LogP contribution in [-0.4, -0.2) is 27.8 Å². The Morgan fingerprint density at radius 3 is 2.40 bits per heavy atom. The number of hydrogen-bond acceptors (Lipinski definition) is 3. The minimum absolute atomic E-state index is 0.400. The Bertz CT molecular complexity index is 430. The van der Waals surface area contributed by atoms with Crippen LogP contribution in [0.1, 0.15) is 17.9 Å². The third kappa shape index (κ3) is 2.38. The van der Waals surface area contributed by atoms with Crippen molar-refractivity contribution < 1.29 is 8.42 Å². The molecule has 1 heterocycles. The van der Waals surface area contributed by atoms with Crippen LogP contribution in [0.15, 0.2) is 29.2 Å². The molecule has 1 aliphatic rings. The standard InChI is InChI=1S/C11H15NO2S/c1-15(13,14)11-4-2-9(3-5-11)10-6-7-12-8-10/h2-5,10,12H,6-8H2,1H3. The summed E-state index contributed by atoms with van der Waals surface area (Å²) in [7, 11) is -3.06. The lowest BCUT2D eigenvalue weighted by Crippen LogP contribution is -2.08. The number of hydrogen-bond donors (Lipinski definition) is 1. The Balaban J connectivity index is 2.24. The summed E-state index contributed by atoms with van der Waals surface area (Å²) in [5.74, 6) is 0.540. The molecule has 4 heteroatoms. The average molecular weight is 225 g/mol. The SMILES string of the molecule is CS(=O)(=O)c1ccc(C2CCNC2)cc1. The first-order valence-electron chi connectivity index (χ1n) is 5.08. The van der Waals surface area contributed by atoms with Crippen LogP contribution in [0.2, 0.25) is 0 Å². The van der Waals surface area contributed by atoms with E-state index in [2.05, 4.69) is 5.32 Å². The summed E-state index contributed by atoms with van der Waals surface area (Å²) in [5, 5.41) is 3.30. The van der Waals surface area contributed by atoms with Gasteiger partial charge in [-0.15, -0.1) is 0 Å². The molecule has 3 nitrogen and oxygen atoms in total. The van der Waals surface area contributed by atoms with Crippen molar-refractivity contribution in [3.05, 3.63) is 29.8 Å². The van der Waals surface area contributed by atoms with Gasteiger partial charge in [-0.2, -0.15) is 0 Å². The van der Waals surface area contributed by atoms with Gasteiger partial charge in [-0.25, -0.2) is 8.42 Å². The molecule has 1 atom stereocenters. The fourth-order valence-electron chi connectivity index (χ4n) is 1.93. The second-order valence-electron chi connectivity index (χ2n) is 4.03. The molecule has 0 aliphatic carbocycles. The van der Waals surface area contributed by atoms with E-state index < -0.39 is 9.84 Å². The van der Waals surface area contributed by atoms with Gasteiger partial charge in [0.05, 0.1) is 4.90 Å². The average Bonchev–Trinajstić information content (AvgIpc) is 2.69. The molecule has 0 aromatic heterocycles. The Kier molecular flexibility index (Phi) is 2.80. The smallest absolute Gasteiger partial charge is 0.175 e. The molecule has 1 aromatic carbocycles. The van der Waals surface area contributed by atoms with Crippen molar-refractivity contribution in [1.29, 1.82) is 0 Å². The van der Waals surface area contributed by atoms with E-state index in [1.54, 1.807) is 12.1 Å². The van der Waals surface area contributed by atoms with Gasteiger partial charge in [0.25, 0.3) is 0 Å². The van der Waals surface area contributed by atoms with E-state index in [0.29, 0.717) is 10.8 Å². The van der Waals surface area contributed by atoms with Gasteiger partial charge in [0.15, 0.2) is 9.84 Å². The van der Waals surface area contributed by atoms with Crippen molar-refractivity contribution in [3.8, 4) is 0 Å². The Morgan fingerprint density at radius 1 is 1.27 bits per heavy atom. The molecule has 0 saturated carbocycles. The molecule has 2 rings (SSSR count). The molecule has 82 valence electrons. The first kappa shape index (κ1) is 10.6. The van der Waals surface area contributed by atoms with E-state index in [1.807, 2.05) is 12.1 Å². The second-order valence-corrected chi connectivity index (χ2v) is 6.05. The van der Waals surface area contributed by atoms with Crippen molar-refractivity contribution >= 4 is 9.84 Å². The second kappa shape index (κ2) is 3.94. The summed E-state index contributed by atoms with van der Waals surface area (Å²) in [5.41, 5.74) is 1.23. The van der Waals surface area contributed by atoms with E-state index >= 15 is 0 Å². The number of rotatable bonds is 2. The maximum atomic E-state index is 11.3. The van der Waals surface area contributed by atoms with Crippen LogP contribution >= 0.6 is 0 Å². The summed E-state index contributed by atoms with van der Waals surface area (Å²) in [4.78, 5) is 0.400. The van der Waals surface area contributed by atoms with Gasteiger partial charge >= 0.3 is 0 Å². The zero-order valence-electron chi connectivity index (χ0n) is 8.73. The van der Waals surface area contributed by atoms with Gasteiger partial charge in [0, 0.05) is 12.8 Å². The van der Waals surface area contributed by atoms with E-state index in [1.165, 1.54) is 11.8 Å². The molecular weight excluding hydrogens is 210 g/mol. The lowest BCUT2D eigenvalue weighted by atomic mass is 9.99. The molecule has 1 fully saturated rings. The summed E-state index contributed by atoms with van der Waals surface area (Å²) in [6.45, 7) is 2.05. The van der Waals surface area contributed by atoms with Gasteiger partial charge in [0.2, 0.25) is 0 Å². The minimum Gasteiger partial charge on any atom is -0.316 e. The summed E-state index contributed by atoms with van der Waals surface area (Å²) in [6, 6.07) is 7.24. The predicted octanol–water partition coefficient (Wildman–Crippen LogP) is 1.17. The Labute approximate surface area is 90.4 Å². The monoisotopic (exact) mass is 225 g/mol. The molecule has 15 heavy (non-hydrogen) atoms. The number of sulfone groups is 1. The van der Waals surface area contributed by atoms with Gasteiger partial charge in [0.1, 0.15) is 0 Å². The molecule has 1 unspecified atom stereocenters. The van der Waals surface area contributed by atoms with Gasteiger partial charge in [-0.05, 0) is 36.6 Å². The van der Waals surface area contributed by atoms with Crippen LogP contribution in [0.3, 0.4) is 0 Å². The largest absolute Gasteiger partial charge is 0.316 e. The molecule has 0 radical (unpaired) electrons. The molecule has 1 aliphatic heterocycles. The Morgan fingerprint density at radius 2 is 1.93 bits per heavy atom. The zero-order valence-corrected chi connectivity index (χ0v) is 9.55. The third-order valence-electron chi connectivity index (χ3n) is 2.84. The van der Waals surface area contributed by atoms with Crippen LogP contribution in [0, 0.1) is 0 Å². The van der Waals surface area contributed by atoms with Gasteiger partial charge in [-0.1, -0.05) is 12.1 Å². The highest BCUT2D eigenvalue weighted by Crippen LogP contribution is 2.23. The minimum atomic E-state index is -3.06. The molecule has 0 bridgehead atoms. The normalized spacial score (nSPS) is 21.8. The first-order valence-corrected chi connectivity index (χ1v) is 6.97. The van der Waals surface area contributed by atoms with Crippen molar-refractivity contribution in [1.82, 2.24) is 5.32 Å². The van der Waals surface area contributed by atoms with E-state index in [0.717, 1.165) is 19.5 Å². The maximum Gasteiger partial charge on any atom is 0.175 e. The van der Waals surface area contributed by atoms with Crippen LogP contribution in [0.25, 0.3) is 0 Å². The van der Waals surface area contributed by atoms with Gasteiger partial charge < -0.3 is 5.32 Å². The molecule has 0 amide bonds. The number of benzene rings is 1. The quantitative estimate of drug-likeness (QED) is 0.821. The maximum absolute atomic E-state index is 11.3. The summed E-state index contributed by atoms with van der Waals surface area (Å²) >= 11 is 0. The van der Waals surface area contributed by atoms with Crippen LogP contribution in [-0.2, 0) is 9.84 Å². The van der Waals surface area contributed by atoms with E-state index in [-0.39, 0.29) is 0 Å². The first-order chi connectivity index (χ1) is 7.07. The lowest BCUT2D eigenvalue weighted by Gasteiger charge is -2.08. The van der Waals surface area contributed by atoms with Crippen LogP contribution < -0.4 is 5.32 Å². The Hall–Kier alpha value is -0.870. The number of nitrogens with one attached hydrogen (secondary N) is 1. The fourth-order valence-corrected chi connectivity index (χ4v) is 2.56. The van der Waals surface area contributed by atoms with Crippen molar-refractivity contribution in [2.24, 2.45) is 0 Å². The highest BCUT2D eigenvalue weighted by Gasteiger charge is 2.16. The lowest BCUT2D eigenvalue weighted by molar-refractivity contribution is 0.602. The van der Waals surface area contributed by atoms with Crippen molar-refractivity contribution in [2.75, 3.05) is 19.3 Å².